The molecule has 118 valence electrons. The van der Waals surface area contributed by atoms with Gasteiger partial charge in [-0.25, -0.2) is 4.79 Å². The molecule has 0 aliphatic carbocycles. The number of hydrogen-bond acceptors (Lipinski definition) is 3. The summed E-state index contributed by atoms with van der Waals surface area (Å²) in [6.07, 6.45) is 1.07. The minimum absolute atomic E-state index is 0.353. The van der Waals surface area contributed by atoms with Crippen LogP contribution in [0, 0.1) is 0 Å². The second kappa shape index (κ2) is 6.88. The maximum absolute atomic E-state index is 12.0. The molecule has 3 nitrogen and oxygen atoms in total. The number of carbonyl (C=O) groups excluding carboxylic acids is 1. The summed E-state index contributed by atoms with van der Waals surface area (Å²) in [7, 11) is 0. The Kier molecular flexibility index (Phi) is 4.68. The smallest absolute Gasteiger partial charge is 0.434 e. The average molecular weight is 329 g/mol. The van der Waals surface area contributed by atoms with E-state index in [1.807, 2.05) is 49.4 Å². The van der Waals surface area contributed by atoms with Crippen LogP contribution in [0.15, 0.2) is 48.5 Å². The second-order valence-electron chi connectivity index (χ2n) is 5.32. The zero-order chi connectivity index (χ0) is 16.2. The van der Waals surface area contributed by atoms with Crippen LogP contribution in [-0.2, 0) is 4.74 Å². The Morgan fingerprint density at radius 1 is 1.09 bits per heavy atom. The summed E-state index contributed by atoms with van der Waals surface area (Å²) in [5, 5.41) is 4.01. The number of benzene rings is 3. The van der Waals surface area contributed by atoms with Crippen molar-refractivity contribution in [2.24, 2.45) is 0 Å². The molecule has 3 rings (SSSR count). The van der Waals surface area contributed by atoms with Crippen LogP contribution in [0.3, 0.4) is 0 Å². The Labute approximate surface area is 139 Å². The Bertz CT molecular complexity index is 858. The summed E-state index contributed by atoms with van der Waals surface area (Å²) in [6, 6.07) is 15.4. The summed E-state index contributed by atoms with van der Waals surface area (Å²) in [4.78, 5) is 12.0. The molecule has 23 heavy (non-hydrogen) atoms. The minimum atomic E-state index is -0.698. The van der Waals surface area contributed by atoms with Crippen LogP contribution in [0.5, 0.6) is 5.75 Å². The highest BCUT2D eigenvalue weighted by atomic mass is 35.5. The molecule has 0 aliphatic rings. The molecule has 0 spiro atoms. The molecular weight excluding hydrogens is 312 g/mol. The summed E-state index contributed by atoms with van der Waals surface area (Å²) < 4.78 is 10.6. The van der Waals surface area contributed by atoms with E-state index in [0.717, 1.165) is 34.4 Å². The normalized spacial score (nSPS) is 10.9. The van der Waals surface area contributed by atoms with E-state index in [0.29, 0.717) is 17.4 Å². The molecule has 0 saturated carbocycles. The number of fused-ring (bicyclic) bond motifs is 2. The van der Waals surface area contributed by atoms with Gasteiger partial charge in [0.15, 0.2) is 5.75 Å². The van der Waals surface area contributed by atoms with Crippen molar-refractivity contribution in [1.82, 2.24) is 0 Å². The molecule has 0 bridgehead atoms. The first kappa shape index (κ1) is 15.6. The van der Waals surface area contributed by atoms with Crippen molar-refractivity contribution < 1.29 is 14.3 Å². The zero-order valence-corrected chi connectivity index (χ0v) is 13.6. The standard InChI is InChI=1S/C19H17ClO3/c1-2-3-11-22-19(21)23-18-15-9-5-4-7-13(15)12-14-8-6-10-16(20)17(14)18/h4-10,12H,2-3,11H2,1H3. The van der Waals surface area contributed by atoms with Gasteiger partial charge in [0.25, 0.3) is 0 Å². The van der Waals surface area contributed by atoms with Crippen LogP contribution >= 0.6 is 11.6 Å². The van der Waals surface area contributed by atoms with E-state index in [4.69, 9.17) is 21.1 Å². The number of unbranched alkanes of at least 4 members (excludes halogenated alkanes) is 1. The Morgan fingerprint density at radius 3 is 2.70 bits per heavy atom. The molecule has 0 atom stereocenters. The highest BCUT2D eigenvalue weighted by Crippen LogP contribution is 2.38. The minimum Gasteiger partial charge on any atom is -0.434 e. The lowest BCUT2D eigenvalue weighted by Crippen LogP contribution is -2.12. The van der Waals surface area contributed by atoms with Gasteiger partial charge in [-0.05, 0) is 29.3 Å². The van der Waals surface area contributed by atoms with E-state index in [2.05, 4.69) is 0 Å². The molecule has 0 aromatic heterocycles. The van der Waals surface area contributed by atoms with Gasteiger partial charge in [0.2, 0.25) is 0 Å². The summed E-state index contributed by atoms with van der Waals surface area (Å²) in [5.41, 5.74) is 0. The molecule has 0 saturated heterocycles. The number of carbonyl (C=O) groups is 1. The SMILES string of the molecule is CCCCOC(=O)Oc1c2ccccc2cc2cccc(Cl)c12. The van der Waals surface area contributed by atoms with Crippen LogP contribution < -0.4 is 4.74 Å². The van der Waals surface area contributed by atoms with Gasteiger partial charge in [0, 0.05) is 10.8 Å². The molecule has 0 unspecified atom stereocenters. The van der Waals surface area contributed by atoms with Crippen molar-refractivity contribution >= 4 is 39.3 Å². The molecule has 0 fully saturated rings. The highest BCUT2D eigenvalue weighted by Gasteiger charge is 2.15. The summed E-state index contributed by atoms with van der Waals surface area (Å²) in [6.45, 7) is 2.39. The zero-order valence-electron chi connectivity index (χ0n) is 12.8. The Hall–Kier alpha value is -2.26. The molecule has 0 heterocycles. The first-order valence-corrected chi connectivity index (χ1v) is 8.03. The molecule has 3 aromatic carbocycles. The van der Waals surface area contributed by atoms with Crippen molar-refractivity contribution in [3.05, 3.63) is 53.6 Å². The van der Waals surface area contributed by atoms with E-state index < -0.39 is 6.16 Å². The molecule has 0 radical (unpaired) electrons. The third-order valence-electron chi connectivity index (χ3n) is 3.69. The van der Waals surface area contributed by atoms with Crippen molar-refractivity contribution in [2.75, 3.05) is 6.61 Å². The first-order chi connectivity index (χ1) is 11.2. The molecular formula is C19H17ClO3. The molecule has 4 heteroatoms. The fraction of sp³-hybridized carbons (Fsp3) is 0.211. The maximum Gasteiger partial charge on any atom is 0.513 e. The Balaban J connectivity index is 2.09. The predicted octanol–water partition coefficient (Wildman–Crippen LogP) is 5.96. The topological polar surface area (TPSA) is 35.5 Å². The van der Waals surface area contributed by atoms with Gasteiger partial charge in [0.05, 0.1) is 11.6 Å². The van der Waals surface area contributed by atoms with Gasteiger partial charge in [0.1, 0.15) is 0 Å². The van der Waals surface area contributed by atoms with Gasteiger partial charge < -0.3 is 9.47 Å². The van der Waals surface area contributed by atoms with Crippen LogP contribution in [0.25, 0.3) is 21.5 Å². The molecule has 0 amide bonds. The van der Waals surface area contributed by atoms with Crippen molar-refractivity contribution in [2.45, 2.75) is 19.8 Å². The maximum atomic E-state index is 12.0. The van der Waals surface area contributed by atoms with E-state index in [9.17, 15) is 4.79 Å². The summed E-state index contributed by atoms with van der Waals surface area (Å²) in [5.74, 6) is 0.449. The van der Waals surface area contributed by atoms with Gasteiger partial charge in [-0.1, -0.05) is 61.3 Å². The van der Waals surface area contributed by atoms with Crippen LogP contribution in [0.4, 0.5) is 4.79 Å². The molecule has 0 aliphatic heterocycles. The lowest BCUT2D eigenvalue weighted by atomic mass is 10.0. The van der Waals surface area contributed by atoms with Crippen LogP contribution in [-0.4, -0.2) is 12.8 Å². The number of rotatable bonds is 4. The summed E-state index contributed by atoms with van der Waals surface area (Å²) >= 11 is 6.34. The van der Waals surface area contributed by atoms with E-state index in [1.165, 1.54) is 0 Å². The fourth-order valence-corrected chi connectivity index (χ4v) is 2.82. The number of hydrogen-bond donors (Lipinski definition) is 0. The van der Waals surface area contributed by atoms with Crippen molar-refractivity contribution in [3.63, 3.8) is 0 Å². The van der Waals surface area contributed by atoms with Gasteiger partial charge in [-0.15, -0.1) is 0 Å². The van der Waals surface area contributed by atoms with Crippen LogP contribution in [0.1, 0.15) is 19.8 Å². The lowest BCUT2D eigenvalue weighted by Gasteiger charge is -2.13. The predicted molar refractivity (Wildman–Crippen MR) is 93.3 cm³/mol. The van der Waals surface area contributed by atoms with E-state index in [-0.39, 0.29) is 0 Å². The highest BCUT2D eigenvalue weighted by molar-refractivity contribution is 6.37. The van der Waals surface area contributed by atoms with Gasteiger partial charge in [-0.3, -0.25) is 0 Å². The molecule has 0 N–H and O–H groups in total. The second-order valence-corrected chi connectivity index (χ2v) is 5.73. The van der Waals surface area contributed by atoms with Gasteiger partial charge >= 0.3 is 6.16 Å². The largest absolute Gasteiger partial charge is 0.513 e. The van der Waals surface area contributed by atoms with Crippen molar-refractivity contribution in [1.29, 1.82) is 0 Å². The fourth-order valence-electron chi connectivity index (χ4n) is 2.55. The van der Waals surface area contributed by atoms with E-state index in [1.54, 1.807) is 6.07 Å². The lowest BCUT2D eigenvalue weighted by molar-refractivity contribution is 0.0988. The third kappa shape index (κ3) is 3.25. The first-order valence-electron chi connectivity index (χ1n) is 7.65. The monoisotopic (exact) mass is 328 g/mol. The average Bonchev–Trinajstić information content (AvgIpc) is 2.55. The van der Waals surface area contributed by atoms with E-state index >= 15 is 0 Å². The third-order valence-corrected chi connectivity index (χ3v) is 4.01. The van der Waals surface area contributed by atoms with Gasteiger partial charge in [-0.2, -0.15) is 0 Å². The van der Waals surface area contributed by atoms with Crippen LogP contribution in [0.2, 0.25) is 5.02 Å². The quantitative estimate of drug-likeness (QED) is 0.256. The number of ether oxygens (including phenoxy) is 2. The Morgan fingerprint density at radius 2 is 1.87 bits per heavy atom. The molecule has 3 aromatic rings. The van der Waals surface area contributed by atoms with Crippen molar-refractivity contribution in [3.8, 4) is 5.75 Å². The number of halogens is 1.